The lowest BCUT2D eigenvalue weighted by atomic mass is 9.94. The van der Waals surface area contributed by atoms with Crippen LogP contribution >= 0.6 is 0 Å². The van der Waals surface area contributed by atoms with Gasteiger partial charge in [0.05, 0.1) is 0 Å². The minimum atomic E-state index is -0.0843. The van der Waals surface area contributed by atoms with Crippen LogP contribution in [0.5, 0.6) is 0 Å². The van der Waals surface area contributed by atoms with Crippen molar-refractivity contribution >= 4 is 5.91 Å². The van der Waals surface area contributed by atoms with Crippen LogP contribution in [0.1, 0.15) is 63.0 Å². The Balaban J connectivity index is 1.84. The van der Waals surface area contributed by atoms with E-state index in [9.17, 15) is 4.79 Å². The normalized spacial score (nSPS) is 33.5. The highest BCUT2D eigenvalue weighted by Crippen LogP contribution is 2.48. The summed E-state index contributed by atoms with van der Waals surface area (Å²) in [6.45, 7) is 5.09. The van der Waals surface area contributed by atoms with Crippen molar-refractivity contribution in [2.45, 2.75) is 57.5 Å². The molecule has 1 aromatic heterocycles. The average Bonchev–Trinajstić information content (AvgIpc) is 2.97. The molecule has 4 atom stereocenters. The molecule has 1 aliphatic carbocycles. The molecule has 4 unspecified atom stereocenters. The molecule has 0 spiro atoms. The van der Waals surface area contributed by atoms with Gasteiger partial charge in [0.1, 0.15) is 17.6 Å². The summed E-state index contributed by atoms with van der Waals surface area (Å²) in [5, 5.41) is 0. The molecule has 20 heavy (non-hydrogen) atoms. The van der Waals surface area contributed by atoms with E-state index >= 15 is 0 Å². The van der Waals surface area contributed by atoms with Crippen LogP contribution in [-0.2, 0) is 4.79 Å². The monoisotopic (exact) mass is 276 g/mol. The summed E-state index contributed by atoms with van der Waals surface area (Å²) in [6, 6.07) is 3.99. The van der Waals surface area contributed by atoms with Gasteiger partial charge in [-0.15, -0.1) is 0 Å². The Bertz CT molecular complexity index is 496. The summed E-state index contributed by atoms with van der Waals surface area (Å²) >= 11 is 0. The molecule has 2 aliphatic rings. The van der Waals surface area contributed by atoms with Gasteiger partial charge < -0.3 is 15.1 Å². The highest BCUT2D eigenvalue weighted by atomic mass is 16.3. The van der Waals surface area contributed by atoms with Crippen molar-refractivity contribution < 1.29 is 9.21 Å². The van der Waals surface area contributed by atoms with Crippen molar-refractivity contribution in [3.63, 3.8) is 0 Å². The fourth-order valence-corrected chi connectivity index (χ4v) is 3.29. The van der Waals surface area contributed by atoms with Gasteiger partial charge in [-0.1, -0.05) is 13.8 Å². The number of furan rings is 1. The van der Waals surface area contributed by atoms with Crippen LogP contribution in [0.15, 0.2) is 16.5 Å². The predicted octanol–water partition coefficient (Wildman–Crippen LogP) is 2.80. The lowest BCUT2D eigenvalue weighted by molar-refractivity contribution is -0.138. The topological polar surface area (TPSA) is 59.5 Å². The van der Waals surface area contributed by atoms with E-state index in [1.807, 2.05) is 11.0 Å². The minimum Gasteiger partial charge on any atom is -0.464 e. The van der Waals surface area contributed by atoms with Crippen LogP contribution in [0.4, 0.5) is 0 Å². The van der Waals surface area contributed by atoms with Crippen LogP contribution < -0.4 is 5.73 Å². The number of amides is 1. The van der Waals surface area contributed by atoms with Crippen LogP contribution in [0.3, 0.4) is 0 Å². The quantitative estimate of drug-likeness (QED) is 0.920. The van der Waals surface area contributed by atoms with Gasteiger partial charge in [0.2, 0.25) is 5.91 Å². The number of likely N-dealkylation sites (tertiary alicyclic amines) is 1. The third-order valence-electron chi connectivity index (χ3n) is 4.63. The molecule has 1 saturated carbocycles. The first kappa shape index (κ1) is 13.7. The second kappa shape index (κ2) is 5.24. The first-order chi connectivity index (χ1) is 9.61. The van der Waals surface area contributed by atoms with Crippen LogP contribution in [-0.4, -0.2) is 23.4 Å². The Kier molecular flexibility index (Phi) is 3.59. The van der Waals surface area contributed by atoms with Gasteiger partial charge >= 0.3 is 0 Å². The van der Waals surface area contributed by atoms with Gasteiger partial charge in [-0.3, -0.25) is 4.79 Å². The second-order valence-corrected chi connectivity index (χ2v) is 6.29. The van der Waals surface area contributed by atoms with Crippen LogP contribution in [0, 0.1) is 5.92 Å². The number of carbonyl (C=O) groups is 1. The lowest BCUT2D eigenvalue weighted by Crippen LogP contribution is -2.48. The molecule has 4 nitrogen and oxygen atoms in total. The van der Waals surface area contributed by atoms with E-state index < -0.39 is 0 Å². The molecular formula is C16H24N2O2. The zero-order valence-electron chi connectivity index (χ0n) is 12.3. The molecule has 0 bridgehead atoms. The molecule has 3 rings (SSSR count). The maximum absolute atomic E-state index is 12.1. The van der Waals surface area contributed by atoms with Gasteiger partial charge in [-0.25, -0.2) is 0 Å². The van der Waals surface area contributed by atoms with Gasteiger partial charge in [0.25, 0.3) is 0 Å². The molecule has 1 saturated heterocycles. The molecule has 0 aromatic carbocycles. The molecule has 1 aliphatic heterocycles. The smallest absolute Gasteiger partial charge is 0.223 e. The van der Waals surface area contributed by atoms with Gasteiger partial charge in [-0.05, 0) is 37.3 Å². The van der Waals surface area contributed by atoms with Gasteiger partial charge in [0.15, 0.2) is 0 Å². The third-order valence-corrected chi connectivity index (χ3v) is 4.63. The molecule has 4 heteroatoms. The van der Waals surface area contributed by atoms with Crippen LogP contribution in [0.25, 0.3) is 0 Å². The van der Waals surface area contributed by atoms with E-state index in [0.717, 1.165) is 36.8 Å². The second-order valence-electron chi connectivity index (χ2n) is 6.29. The Hall–Kier alpha value is -1.29. The van der Waals surface area contributed by atoms with Crippen molar-refractivity contribution in [3.8, 4) is 0 Å². The van der Waals surface area contributed by atoms with Gasteiger partial charge in [0, 0.05) is 24.9 Å². The first-order valence-electron chi connectivity index (χ1n) is 7.76. The zero-order valence-corrected chi connectivity index (χ0v) is 12.3. The number of rotatable bonds is 4. The molecule has 1 amide bonds. The molecule has 2 heterocycles. The lowest BCUT2D eigenvalue weighted by Gasteiger charge is -2.38. The number of piperidine rings is 1. The Labute approximate surface area is 120 Å². The molecule has 1 aromatic rings. The Morgan fingerprint density at radius 3 is 2.75 bits per heavy atom. The van der Waals surface area contributed by atoms with Crippen molar-refractivity contribution in [3.05, 3.63) is 23.7 Å². The summed E-state index contributed by atoms with van der Waals surface area (Å²) in [5.74, 6) is 3.43. The fraction of sp³-hybridized carbons (Fsp3) is 0.688. The zero-order chi connectivity index (χ0) is 14.3. The highest BCUT2D eigenvalue weighted by Gasteiger charge is 2.39. The summed E-state index contributed by atoms with van der Waals surface area (Å²) in [7, 11) is 0. The van der Waals surface area contributed by atoms with Crippen molar-refractivity contribution in [1.29, 1.82) is 0 Å². The molecular weight excluding hydrogens is 252 g/mol. The average molecular weight is 276 g/mol. The third kappa shape index (κ3) is 2.37. The largest absolute Gasteiger partial charge is 0.464 e. The molecule has 2 N–H and O–H groups in total. The van der Waals surface area contributed by atoms with E-state index in [0.29, 0.717) is 12.3 Å². The number of nitrogens with two attached hydrogens (primary N) is 1. The SMILES string of the molecule is CCCN1C(=O)CCC(N)C1c1ccc(C2CC2C)o1. The van der Waals surface area contributed by atoms with Crippen molar-refractivity contribution in [2.75, 3.05) is 6.54 Å². The van der Waals surface area contributed by atoms with Crippen molar-refractivity contribution in [2.24, 2.45) is 11.7 Å². The number of nitrogens with zero attached hydrogens (tertiary/aromatic N) is 1. The maximum Gasteiger partial charge on any atom is 0.223 e. The predicted molar refractivity (Wildman–Crippen MR) is 77.2 cm³/mol. The Morgan fingerprint density at radius 1 is 1.40 bits per heavy atom. The molecule has 0 radical (unpaired) electrons. The Morgan fingerprint density at radius 2 is 2.10 bits per heavy atom. The van der Waals surface area contributed by atoms with Crippen molar-refractivity contribution in [1.82, 2.24) is 4.90 Å². The molecule has 2 fully saturated rings. The number of hydrogen-bond acceptors (Lipinski definition) is 3. The summed E-state index contributed by atoms with van der Waals surface area (Å²) in [5.41, 5.74) is 6.27. The van der Waals surface area contributed by atoms with Gasteiger partial charge in [-0.2, -0.15) is 0 Å². The van der Waals surface area contributed by atoms with E-state index in [-0.39, 0.29) is 18.0 Å². The first-order valence-corrected chi connectivity index (χ1v) is 7.76. The number of hydrogen-bond donors (Lipinski definition) is 1. The summed E-state index contributed by atoms with van der Waals surface area (Å²) in [6.07, 6.45) is 3.47. The number of carbonyl (C=O) groups excluding carboxylic acids is 1. The minimum absolute atomic E-state index is 0.0186. The summed E-state index contributed by atoms with van der Waals surface area (Å²) < 4.78 is 6.04. The van der Waals surface area contributed by atoms with E-state index in [4.69, 9.17) is 10.2 Å². The fourth-order valence-electron chi connectivity index (χ4n) is 3.29. The highest BCUT2D eigenvalue weighted by molar-refractivity contribution is 5.77. The standard InChI is InChI=1S/C16H24N2O2/c1-3-8-18-15(19)7-4-12(17)16(18)14-6-5-13(20-14)11-9-10(11)2/h5-6,10-12,16H,3-4,7-9,17H2,1-2H3. The van der Waals surface area contributed by atoms with Crippen LogP contribution in [0.2, 0.25) is 0 Å². The molecule has 110 valence electrons. The van der Waals surface area contributed by atoms with E-state index in [2.05, 4.69) is 19.9 Å². The van der Waals surface area contributed by atoms with E-state index in [1.54, 1.807) is 0 Å². The maximum atomic E-state index is 12.1. The summed E-state index contributed by atoms with van der Waals surface area (Å²) in [4.78, 5) is 14.1. The van der Waals surface area contributed by atoms with E-state index in [1.165, 1.54) is 6.42 Å².